The third-order valence-corrected chi connectivity index (χ3v) is 1.82. The highest BCUT2D eigenvalue weighted by molar-refractivity contribution is 5.37. The highest BCUT2D eigenvalue weighted by Crippen LogP contribution is 2.25. The molecule has 2 nitrogen and oxygen atoms in total. The molecule has 1 rings (SSSR count). The van der Waals surface area contributed by atoms with Crippen LogP contribution in [0.15, 0.2) is 24.3 Å². The van der Waals surface area contributed by atoms with E-state index in [4.69, 9.17) is 4.74 Å². The third-order valence-electron chi connectivity index (χ3n) is 1.82. The molecule has 0 aromatic heterocycles. The van der Waals surface area contributed by atoms with Crippen molar-refractivity contribution in [3.8, 4) is 11.5 Å². The zero-order chi connectivity index (χ0) is 10.6. The fourth-order valence-corrected chi connectivity index (χ4v) is 0.983. The fraction of sp³-hybridized carbons (Fsp3) is 0.455. The summed E-state index contributed by atoms with van der Waals surface area (Å²) >= 11 is 0. The SMILES string of the molecule is CC(C)(F)CCOc1ccccc1O. The van der Waals surface area contributed by atoms with Gasteiger partial charge in [-0.3, -0.25) is 0 Å². The lowest BCUT2D eigenvalue weighted by molar-refractivity contribution is 0.159. The monoisotopic (exact) mass is 198 g/mol. The second-order valence-electron chi connectivity index (χ2n) is 3.78. The van der Waals surface area contributed by atoms with Crippen molar-refractivity contribution in [2.75, 3.05) is 6.61 Å². The van der Waals surface area contributed by atoms with E-state index in [1.54, 1.807) is 18.2 Å². The van der Waals surface area contributed by atoms with E-state index in [9.17, 15) is 9.50 Å². The Morgan fingerprint density at radius 3 is 2.57 bits per heavy atom. The van der Waals surface area contributed by atoms with Crippen LogP contribution in [0.5, 0.6) is 11.5 Å². The molecule has 1 aromatic carbocycles. The van der Waals surface area contributed by atoms with Crippen molar-refractivity contribution in [2.45, 2.75) is 25.9 Å². The van der Waals surface area contributed by atoms with Crippen molar-refractivity contribution in [3.63, 3.8) is 0 Å². The highest BCUT2D eigenvalue weighted by Gasteiger charge is 2.15. The first-order chi connectivity index (χ1) is 6.49. The number of hydrogen-bond acceptors (Lipinski definition) is 2. The average molecular weight is 198 g/mol. The summed E-state index contributed by atoms with van der Waals surface area (Å²) in [6.07, 6.45) is 0.307. The molecule has 0 aliphatic carbocycles. The van der Waals surface area contributed by atoms with Gasteiger partial charge in [0.05, 0.1) is 6.61 Å². The van der Waals surface area contributed by atoms with Crippen molar-refractivity contribution in [2.24, 2.45) is 0 Å². The number of para-hydroxylation sites is 2. The molecular weight excluding hydrogens is 183 g/mol. The van der Waals surface area contributed by atoms with E-state index in [1.807, 2.05) is 0 Å². The summed E-state index contributed by atoms with van der Waals surface area (Å²) < 4.78 is 18.3. The third kappa shape index (κ3) is 3.64. The van der Waals surface area contributed by atoms with E-state index in [0.29, 0.717) is 12.2 Å². The molecule has 78 valence electrons. The molecule has 3 heteroatoms. The minimum absolute atomic E-state index is 0.0872. The molecule has 0 amide bonds. The minimum atomic E-state index is -1.23. The Bertz CT molecular complexity index is 292. The zero-order valence-electron chi connectivity index (χ0n) is 8.46. The normalized spacial score (nSPS) is 11.4. The van der Waals surface area contributed by atoms with Crippen LogP contribution in [-0.4, -0.2) is 17.4 Å². The lowest BCUT2D eigenvalue weighted by atomic mass is 10.1. The number of rotatable bonds is 4. The quantitative estimate of drug-likeness (QED) is 0.806. The first-order valence-corrected chi connectivity index (χ1v) is 4.59. The number of phenolic OH excluding ortho intramolecular Hbond substituents is 1. The summed E-state index contributed by atoms with van der Waals surface area (Å²) in [5.41, 5.74) is -1.23. The summed E-state index contributed by atoms with van der Waals surface area (Å²) in [5, 5.41) is 9.32. The predicted molar refractivity (Wildman–Crippen MR) is 53.4 cm³/mol. The van der Waals surface area contributed by atoms with Crippen LogP contribution in [0.2, 0.25) is 0 Å². The summed E-state index contributed by atoms with van der Waals surface area (Å²) in [5.74, 6) is 0.487. The number of phenols is 1. The molecule has 0 unspecified atom stereocenters. The second kappa shape index (κ2) is 4.31. The van der Waals surface area contributed by atoms with Gasteiger partial charge in [0.25, 0.3) is 0 Å². The molecular formula is C11H15FO2. The van der Waals surface area contributed by atoms with E-state index >= 15 is 0 Å². The van der Waals surface area contributed by atoms with Gasteiger partial charge >= 0.3 is 0 Å². The topological polar surface area (TPSA) is 29.5 Å². The Labute approximate surface area is 83.3 Å². The fourth-order valence-electron chi connectivity index (χ4n) is 0.983. The largest absolute Gasteiger partial charge is 0.504 e. The van der Waals surface area contributed by atoms with E-state index in [-0.39, 0.29) is 12.4 Å². The van der Waals surface area contributed by atoms with E-state index < -0.39 is 5.67 Å². The number of benzene rings is 1. The van der Waals surface area contributed by atoms with Gasteiger partial charge in [-0.25, -0.2) is 4.39 Å². The number of halogens is 1. The van der Waals surface area contributed by atoms with Gasteiger partial charge in [-0.15, -0.1) is 0 Å². The molecule has 0 aliphatic rings. The zero-order valence-corrected chi connectivity index (χ0v) is 8.46. The van der Waals surface area contributed by atoms with Gasteiger partial charge in [-0.2, -0.15) is 0 Å². The summed E-state index contributed by atoms with van der Waals surface area (Å²) in [7, 11) is 0. The predicted octanol–water partition coefficient (Wildman–Crippen LogP) is 2.91. The number of aromatic hydroxyl groups is 1. The van der Waals surface area contributed by atoms with Crippen molar-refractivity contribution >= 4 is 0 Å². The van der Waals surface area contributed by atoms with E-state index in [2.05, 4.69) is 0 Å². The average Bonchev–Trinajstić information content (AvgIpc) is 2.06. The number of hydrogen-bond donors (Lipinski definition) is 1. The molecule has 0 fully saturated rings. The van der Waals surface area contributed by atoms with Crippen LogP contribution in [0.25, 0.3) is 0 Å². The van der Waals surface area contributed by atoms with Gasteiger partial charge in [0.15, 0.2) is 11.5 Å². The highest BCUT2D eigenvalue weighted by atomic mass is 19.1. The molecule has 0 aliphatic heterocycles. The Morgan fingerprint density at radius 2 is 2.00 bits per heavy atom. The molecule has 0 spiro atoms. The molecule has 0 bridgehead atoms. The molecule has 1 N–H and O–H groups in total. The Balaban J connectivity index is 2.43. The summed E-state index contributed by atoms with van der Waals surface area (Å²) in [6, 6.07) is 6.66. The lowest BCUT2D eigenvalue weighted by Gasteiger charge is -2.14. The van der Waals surface area contributed by atoms with Gasteiger partial charge < -0.3 is 9.84 Å². The lowest BCUT2D eigenvalue weighted by Crippen LogP contribution is -2.16. The van der Waals surface area contributed by atoms with Gasteiger partial charge in [-0.1, -0.05) is 12.1 Å². The van der Waals surface area contributed by atoms with Crippen LogP contribution >= 0.6 is 0 Å². The Kier molecular flexibility index (Phi) is 3.33. The molecule has 0 radical (unpaired) electrons. The minimum Gasteiger partial charge on any atom is -0.504 e. The molecule has 14 heavy (non-hydrogen) atoms. The van der Waals surface area contributed by atoms with Gasteiger partial charge in [0.1, 0.15) is 5.67 Å². The van der Waals surface area contributed by atoms with E-state index in [0.717, 1.165) is 0 Å². The van der Waals surface area contributed by atoms with Crippen LogP contribution in [0.1, 0.15) is 20.3 Å². The van der Waals surface area contributed by atoms with Gasteiger partial charge in [0.2, 0.25) is 0 Å². The van der Waals surface area contributed by atoms with Crippen molar-refractivity contribution in [3.05, 3.63) is 24.3 Å². The summed E-state index contributed by atoms with van der Waals surface area (Å²) in [6.45, 7) is 3.27. The van der Waals surface area contributed by atoms with Crippen molar-refractivity contribution < 1.29 is 14.2 Å². The maximum Gasteiger partial charge on any atom is 0.160 e. The first kappa shape index (κ1) is 10.8. The molecule has 0 heterocycles. The maximum atomic E-state index is 13.0. The van der Waals surface area contributed by atoms with Crippen LogP contribution in [0.3, 0.4) is 0 Å². The van der Waals surface area contributed by atoms with Crippen LogP contribution in [0.4, 0.5) is 4.39 Å². The Morgan fingerprint density at radius 1 is 1.36 bits per heavy atom. The van der Waals surface area contributed by atoms with Crippen LogP contribution in [-0.2, 0) is 0 Å². The van der Waals surface area contributed by atoms with E-state index in [1.165, 1.54) is 19.9 Å². The van der Waals surface area contributed by atoms with Crippen LogP contribution in [0, 0.1) is 0 Å². The molecule has 0 saturated carbocycles. The first-order valence-electron chi connectivity index (χ1n) is 4.59. The smallest absolute Gasteiger partial charge is 0.160 e. The van der Waals surface area contributed by atoms with Gasteiger partial charge in [-0.05, 0) is 26.0 Å². The second-order valence-corrected chi connectivity index (χ2v) is 3.78. The van der Waals surface area contributed by atoms with Crippen molar-refractivity contribution in [1.29, 1.82) is 0 Å². The standard InChI is InChI=1S/C11H15FO2/c1-11(2,12)7-8-14-10-6-4-3-5-9(10)13/h3-6,13H,7-8H2,1-2H3. The molecule has 0 atom stereocenters. The number of alkyl halides is 1. The molecule has 0 saturated heterocycles. The van der Waals surface area contributed by atoms with Crippen LogP contribution < -0.4 is 4.74 Å². The molecule has 1 aromatic rings. The Hall–Kier alpha value is -1.25. The maximum absolute atomic E-state index is 13.0. The summed E-state index contributed by atoms with van der Waals surface area (Å²) in [4.78, 5) is 0. The van der Waals surface area contributed by atoms with Crippen molar-refractivity contribution in [1.82, 2.24) is 0 Å². The van der Waals surface area contributed by atoms with Gasteiger partial charge in [0, 0.05) is 6.42 Å². The number of ether oxygens (including phenoxy) is 1.